The van der Waals surface area contributed by atoms with Gasteiger partial charge in [-0.25, -0.2) is 17.8 Å². The molecule has 0 aliphatic rings. The molecular weight excluding hydrogens is 468 g/mol. The van der Waals surface area contributed by atoms with Crippen molar-refractivity contribution in [2.75, 3.05) is 12.8 Å². The fourth-order valence-corrected chi connectivity index (χ4v) is 2.81. The molecule has 0 saturated heterocycles. The maximum absolute atomic E-state index is 13.7. The van der Waals surface area contributed by atoms with Crippen LogP contribution in [0.2, 0.25) is 0 Å². The highest BCUT2D eigenvalue weighted by molar-refractivity contribution is 14.0. The van der Waals surface area contributed by atoms with Crippen LogP contribution in [0.25, 0.3) is 0 Å². The molecule has 2 N–H and O–H groups in total. The van der Waals surface area contributed by atoms with Gasteiger partial charge in [-0.15, -0.1) is 24.0 Å². The van der Waals surface area contributed by atoms with Gasteiger partial charge in [0, 0.05) is 24.9 Å². The van der Waals surface area contributed by atoms with Crippen LogP contribution in [0.5, 0.6) is 0 Å². The van der Waals surface area contributed by atoms with E-state index in [0.717, 1.165) is 5.56 Å². The van der Waals surface area contributed by atoms with Gasteiger partial charge in [-0.2, -0.15) is 0 Å². The Kier molecular flexibility index (Phi) is 9.00. The molecule has 142 valence electrons. The number of nitrogens with zero attached hydrogens (tertiary/aromatic N) is 1. The molecule has 0 amide bonds. The normalized spacial score (nSPS) is 11.6. The fraction of sp³-hybridized carbons (Fsp3) is 0.278. The van der Waals surface area contributed by atoms with Crippen LogP contribution < -0.4 is 10.6 Å². The molecule has 0 aliphatic heterocycles. The van der Waals surface area contributed by atoms with E-state index in [1.54, 1.807) is 42.5 Å². The Hall–Kier alpha value is -1.68. The summed E-state index contributed by atoms with van der Waals surface area (Å²) in [6, 6.07) is 13.2. The van der Waals surface area contributed by atoms with E-state index in [1.165, 1.54) is 12.3 Å². The lowest BCUT2D eigenvalue weighted by Gasteiger charge is -2.12. The zero-order valence-electron chi connectivity index (χ0n) is 14.7. The van der Waals surface area contributed by atoms with Crippen LogP contribution in [-0.2, 0) is 22.9 Å². The molecule has 0 atom stereocenters. The summed E-state index contributed by atoms with van der Waals surface area (Å²) >= 11 is 0. The first-order valence-electron chi connectivity index (χ1n) is 7.94. The van der Waals surface area contributed by atoms with Gasteiger partial charge in [-0.1, -0.05) is 30.3 Å². The molecule has 0 spiro atoms. The number of hydrogen-bond acceptors (Lipinski definition) is 3. The molecule has 0 aliphatic carbocycles. The van der Waals surface area contributed by atoms with Crippen molar-refractivity contribution in [3.8, 4) is 0 Å². The summed E-state index contributed by atoms with van der Waals surface area (Å²) in [6.45, 7) is 3.33. The van der Waals surface area contributed by atoms with Gasteiger partial charge in [0.25, 0.3) is 0 Å². The van der Waals surface area contributed by atoms with E-state index in [9.17, 15) is 12.8 Å². The number of aliphatic imine (C=N–C) groups is 1. The standard InChI is InChI=1S/C18H22FN3O2S.HI/c1-3-20-18(22-13-15-6-4-5-7-17(15)19)21-12-14-8-10-16(11-9-14)25(2,23)24;/h4-11H,3,12-13H2,1-2H3,(H2,20,21,22);1H. The average molecular weight is 491 g/mol. The third kappa shape index (κ3) is 6.91. The molecule has 2 aromatic rings. The van der Waals surface area contributed by atoms with E-state index < -0.39 is 9.84 Å². The van der Waals surface area contributed by atoms with Gasteiger partial charge < -0.3 is 10.6 Å². The second-order valence-electron chi connectivity index (χ2n) is 5.56. The highest BCUT2D eigenvalue weighted by Gasteiger charge is 2.06. The third-order valence-corrected chi connectivity index (χ3v) is 4.65. The first-order chi connectivity index (χ1) is 11.9. The molecule has 0 bridgehead atoms. The van der Waals surface area contributed by atoms with Crippen LogP contribution in [-0.4, -0.2) is 27.2 Å². The summed E-state index contributed by atoms with van der Waals surface area (Å²) in [6.07, 6.45) is 1.18. The molecule has 0 aromatic heterocycles. The summed E-state index contributed by atoms with van der Waals surface area (Å²) in [5, 5.41) is 6.19. The number of halogens is 2. The molecule has 5 nitrogen and oxygen atoms in total. The Balaban J connectivity index is 0.00000338. The van der Waals surface area contributed by atoms with Crippen molar-refractivity contribution >= 4 is 39.8 Å². The predicted molar refractivity (Wildman–Crippen MR) is 113 cm³/mol. The number of hydrogen-bond donors (Lipinski definition) is 2. The van der Waals surface area contributed by atoms with Gasteiger partial charge in [0.05, 0.1) is 11.4 Å². The largest absolute Gasteiger partial charge is 0.357 e. The highest BCUT2D eigenvalue weighted by Crippen LogP contribution is 2.11. The summed E-state index contributed by atoms with van der Waals surface area (Å²) in [7, 11) is -3.20. The van der Waals surface area contributed by atoms with Crippen LogP contribution in [0.1, 0.15) is 18.1 Å². The van der Waals surface area contributed by atoms with Crippen molar-refractivity contribution < 1.29 is 12.8 Å². The quantitative estimate of drug-likeness (QED) is 0.370. The molecule has 26 heavy (non-hydrogen) atoms. The molecule has 0 heterocycles. The van der Waals surface area contributed by atoms with Gasteiger partial charge in [-0.3, -0.25) is 0 Å². The zero-order valence-corrected chi connectivity index (χ0v) is 17.8. The van der Waals surface area contributed by atoms with Gasteiger partial charge in [-0.05, 0) is 30.7 Å². The van der Waals surface area contributed by atoms with Crippen molar-refractivity contribution in [3.63, 3.8) is 0 Å². The first-order valence-corrected chi connectivity index (χ1v) is 9.84. The van der Waals surface area contributed by atoms with E-state index in [2.05, 4.69) is 15.6 Å². The van der Waals surface area contributed by atoms with E-state index in [4.69, 9.17) is 0 Å². The van der Waals surface area contributed by atoms with Crippen LogP contribution in [0.4, 0.5) is 4.39 Å². The average Bonchev–Trinajstić information content (AvgIpc) is 2.58. The summed E-state index contributed by atoms with van der Waals surface area (Å²) in [4.78, 5) is 4.73. The molecule has 0 fully saturated rings. The first kappa shape index (κ1) is 22.4. The topological polar surface area (TPSA) is 70.6 Å². The molecule has 2 rings (SSSR count). The van der Waals surface area contributed by atoms with Crippen molar-refractivity contribution in [1.29, 1.82) is 0 Å². The lowest BCUT2D eigenvalue weighted by Crippen LogP contribution is -2.37. The van der Waals surface area contributed by atoms with Crippen LogP contribution >= 0.6 is 24.0 Å². The Labute approximate surface area is 171 Å². The number of rotatable bonds is 6. The second-order valence-corrected chi connectivity index (χ2v) is 7.57. The maximum Gasteiger partial charge on any atom is 0.191 e. The second kappa shape index (κ2) is 10.5. The van der Waals surface area contributed by atoms with E-state index in [0.29, 0.717) is 31.2 Å². The number of nitrogens with one attached hydrogen (secondary N) is 2. The van der Waals surface area contributed by atoms with Crippen LogP contribution in [0.15, 0.2) is 58.4 Å². The Morgan fingerprint density at radius 2 is 1.73 bits per heavy atom. The third-order valence-electron chi connectivity index (χ3n) is 3.52. The summed E-state index contributed by atoms with van der Waals surface area (Å²) in [5.74, 6) is 0.306. The Morgan fingerprint density at radius 3 is 2.31 bits per heavy atom. The molecule has 0 unspecified atom stereocenters. The highest BCUT2D eigenvalue weighted by atomic mass is 127. The van der Waals surface area contributed by atoms with Crippen molar-refractivity contribution in [3.05, 3.63) is 65.5 Å². The minimum atomic E-state index is -3.20. The molecule has 0 radical (unpaired) electrons. The minimum absolute atomic E-state index is 0. The number of benzene rings is 2. The SMILES string of the molecule is CCNC(=NCc1ccc(S(C)(=O)=O)cc1)NCc1ccccc1F.I. The van der Waals surface area contributed by atoms with Crippen molar-refractivity contribution in [2.24, 2.45) is 4.99 Å². The lowest BCUT2D eigenvalue weighted by molar-refractivity contribution is 0.601. The molecule has 0 saturated carbocycles. The summed E-state index contributed by atoms with van der Waals surface area (Å²) < 4.78 is 36.6. The van der Waals surface area contributed by atoms with Gasteiger partial charge >= 0.3 is 0 Å². The van der Waals surface area contributed by atoms with Crippen LogP contribution in [0.3, 0.4) is 0 Å². The maximum atomic E-state index is 13.7. The van der Waals surface area contributed by atoms with E-state index >= 15 is 0 Å². The molecular formula is C18H23FIN3O2S. The predicted octanol–water partition coefficient (Wildman–Crippen LogP) is 3.10. The zero-order chi connectivity index (χ0) is 18.3. The number of sulfone groups is 1. The summed E-state index contributed by atoms with van der Waals surface area (Å²) in [5.41, 5.74) is 1.45. The minimum Gasteiger partial charge on any atom is -0.357 e. The van der Waals surface area contributed by atoms with Gasteiger partial charge in [0.2, 0.25) is 0 Å². The van der Waals surface area contributed by atoms with Crippen LogP contribution in [0, 0.1) is 5.82 Å². The van der Waals surface area contributed by atoms with E-state index in [-0.39, 0.29) is 34.7 Å². The Morgan fingerprint density at radius 1 is 1.08 bits per heavy atom. The van der Waals surface area contributed by atoms with Crippen molar-refractivity contribution in [2.45, 2.75) is 24.9 Å². The smallest absolute Gasteiger partial charge is 0.191 e. The molecule has 2 aromatic carbocycles. The van der Waals surface area contributed by atoms with Gasteiger partial charge in [0.1, 0.15) is 5.82 Å². The fourth-order valence-electron chi connectivity index (χ4n) is 2.17. The monoisotopic (exact) mass is 491 g/mol. The van der Waals surface area contributed by atoms with E-state index in [1.807, 2.05) is 6.92 Å². The number of guanidine groups is 1. The Bertz CT molecular complexity index is 840. The molecule has 8 heteroatoms. The lowest BCUT2D eigenvalue weighted by atomic mass is 10.2. The van der Waals surface area contributed by atoms with Crippen molar-refractivity contribution in [1.82, 2.24) is 10.6 Å². The van der Waals surface area contributed by atoms with Gasteiger partial charge in [0.15, 0.2) is 15.8 Å².